The molecule has 0 atom stereocenters. The van der Waals surface area contributed by atoms with Gasteiger partial charge in [0.05, 0.1) is 18.9 Å². The normalized spacial score (nSPS) is 10.9. The van der Waals surface area contributed by atoms with Crippen LogP contribution >= 0.6 is 0 Å². The topological polar surface area (TPSA) is 86.3 Å². The van der Waals surface area contributed by atoms with Crippen molar-refractivity contribution < 1.29 is 0 Å². The largest absolute Gasteiger partial charge is 0.311 e. The fourth-order valence-corrected chi connectivity index (χ4v) is 1.28. The van der Waals surface area contributed by atoms with Crippen LogP contribution in [0.3, 0.4) is 0 Å². The average Bonchev–Trinajstić information content (AvgIpc) is 2.86. The number of aromatic nitrogens is 7. The summed E-state index contributed by atoms with van der Waals surface area (Å²) in [6, 6.07) is 0. The van der Waals surface area contributed by atoms with Crippen molar-refractivity contribution >= 4 is 0 Å². The van der Waals surface area contributed by atoms with Gasteiger partial charge in [0, 0.05) is 6.54 Å². The van der Waals surface area contributed by atoms with Crippen LogP contribution in [0.4, 0.5) is 0 Å². The third kappa shape index (κ3) is 2.60. The van der Waals surface area contributed by atoms with E-state index in [4.69, 9.17) is 0 Å². The quantitative estimate of drug-likeness (QED) is 0.695. The highest BCUT2D eigenvalue weighted by molar-refractivity contribution is 4.93. The van der Waals surface area contributed by atoms with Crippen LogP contribution in [0.5, 0.6) is 0 Å². The molecule has 0 aliphatic carbocycles. The summed E-state index contributed by atoms with van der Waals surface area (Å²) in [5.74, 6) is 0.627. The molecule has 0 aliphatic heterocycles. The molecule has 2 rings (SSSR count). The predicted octanol–water partition coefficient (Wildman–Crippen LogP) is -1.04. The standard InChI is InChI=1S/C8H14N8/c1-3-9-4-7-5-16(14-10-7)6-8-11-13-15(2)12-8/h5,9H,3-4,6H2,1-2H3. The summed E-state index contributed by atoms with van der Waals surface area (Å²) in [7, 11) is 1.73. The Morgan fingerprint density at radius 1 is 1.31 bits per heavy atom. The van der Waals surface area contributed by atoms with E-state index in [1.54, 1.807) is 11.7 Å². The predicted molar refractivity (Wildman–Crippen MR) is 55.3 cm³/mol. The molecule has 0 aliphatic rings. The molecule has 2 aromatic heterocycles. The SMILES string of the molecule is CCNCc1cn(Cc2nnn(C)n2)nn1. The van der Waals surface area contributed by atoms with E-state index in [2.05, 4.69) is 31.0 Å². The molecule has 16 heavy (non-hydrogen) atoms. The Morgan fingerprint density at radius 3 is 2.88 bits per heavy atom. The monoisotopic (exact) mass is 222 g/mol. The number of rotatable bonds is 5. The molecule has 1 N–H and O–H groups in total. The van der Waals surface area contributed by atoms with E-state index in [1.807, 2.05) is 13.1 Å². The summed E-state index contributed by atoms with van der Waals surface area (Å²) in [5, 5.41) is 22.9. The van der Waals surface area contributed by atoms with Crippen molar-refractivity contribution in [3.05, 3.63) is 17.7 Å². The molecule has 0 saturated carbocycles. The van der Waals surface area contributed by atoms with Gasteiger partial charge in [0.15, 0.2) is 5.82 Å². The van der Waals surface area contributed by atoms with Crippen LogP contribution in [0.2, 0.25) is 0 Å². The van der Waals surface area contributed by atoms with Crippen molar-refractivity contribution in [2.24, 2.45) is 7.05 Å². The second-order valence-corrected chi connectivity index (χ2v) is 3.38. The van der Waals surface area contributed by atoms with Crippen molar-refractivity contribution in [2.75, 3.05) is 6.54 Å². The van der Waals surface area contributed by atoms with Crippen molar-refractivity contribution in [3.8, 4) is 0 Å². The second-order valence-electron chi connectivity index (χ2n) is 3.38. The van der Waals surface area contributed by atoms with Gasteiger partial charge >= 0.3 is 0 Å². The van der Waals surface area contributed by atoms with Gasteiger partial charge in [-0.25, -0.2) is 4.68 Å². The fraction of sp³-hybridized carbons (Fsp3) is 0.625. The minimum absolute atomic E-state index is 0.493. The molecule has 0 aromatic carbocycles. The third-order valence-corrected chi connectivity index (χ3v) is 2.00. The number of aryl methyl sites for hydroxylation is 1. The first kappa shape index (κ1) is 10.7. The van der Waals surface area contributed by atoms with E-state index in [0.717, 1.165) is 18.8 Å². The maximum absolute atomic E-state index is 4.07. The van der Waals surface area contributed by atoms with Crippen LogP contribution in [-0.2, 0) is 20.1 Å². The molecule has 0 fully saturated rings. The molecule has 0 radical (unpaired) electrons. The van der Waals surface area contributed by atoms with Gasteiger partial charge < -0.3 is 5.32 Å². The summed E-state index contributed by atoms with van der Waals surface area (Å²) < 4.78 is 1.70. The van der Waals surface area contributed by atoms with Gasteiger partial charge in [0.1, 0.15) is 6.54 Å². The first-order chi connectivity index (χ1) is 7.78. The lowest BCUT2D eigenvalue weighted by molar-refractivity contribution is 0.607. The minimum atomic E-state index is 0.493. The first-order valence-corrected chi connectivity index (χ1v) is 5.10. The highest BCUT2D eigenvalue weighted by atomic mass is 15.6. The van der Waals surface area contributed by atoms with Gasteiger partial charge in [-0.2, -0.15) is 4.80 Å². The number of hydrogen-bond donors (Lipinski definition) is 1. The Balaban J connectivity index is 1.97. The Morgan fingerprint density at radius 2 is 2.19 bits per heavy atom. The van der Waals surface area contributed by atoms with E-state index in [0.29, 0.717) is 12.4 Å². The van der Waals surface area contributed by atoms with Gasteiger partial charge in [-0.3, -0.25) is 0 Å². The van der Waals surface area contributed by atoms with Crippen molar-refractivity contribution in [3.63, 3.8) is 0 Å². The van der Waals surface area contributed by atoms with Gasteiger partial charge in [0.2, 0.25) is 0 Å². The Bertz CT molecular complexity index is 444. The van der Waals surface area contributed by atoms with Crippen LogP contribution in [0.1, 0.15) is 18.4 Å². The van der Waals surface area contributed by atoms with Gasteiger partial charge in [0.25, 0.3) is 0 Å². The molecule has 0 amide bonds. The third-order valence-electron chi connectivity index (χ3n) is 2.00. The molecule has 2 aromatic rings. The molecular formula is C8H14N8. The van der Waals surface area contributed by atoms with Crippen LogP contribution in [0.25, 0.3) is 0 Å². The molecule has 0 bridgehead atoms. The summed E-state index contributed by atoms with van der Waals surface area (Å²) in [5.41, 5.74) is 0.908. The summed E-state index contributed by atoms with van der Waals surface area (Å²) in [6.07, 6.45) is 1.87. The average molecular weight is 222 g/mol. The van der Waals surface area contributed by atoms with E-state index >= 15 is 0 Å². The van der Waals surface area contributed by atoms with E-state index in [-0.39, 0.29) is 0 Å². The highest BCUT2D eigenvalue weighted by Gasteiger charge is 2.04. The first-order valence-electron chi connectivity index (χ1n) is 5.10. The lowest BCUT2D eigenvalue weighted by atomic mass is 10.4. The van der Waals surface area contributed by atoms with Gasteiger partial charge in [-0.15, -0.1) is 15.3 Å². The number of tetrazole rings is 1. The zero-order valence-corrected chi connectivity index (χ0v) is 9.33. The molecular weight excluding hydrogens is 208 g/mol. The molecule has 2 heterocycles. The van der Waals surface area contributed by atoms with E-state index < -0.39 is 0 Å². The Hall–Kier alpha value is -1.83. The Labute approximate surface area is 92.6 Å². The number of nitrogens with one attached hydrogen (secondary N) is 1. The van der Waals surface area contributed by atoms with Crippen LogP contribution in [0, 0.1) is 0 Å². The van der Waals surface area contributed by atoms with Gasteiger partial charge in [-0.05, 0) is 11.8 Å². The fourth-order valence-electron chi connectivity index (χ4n) is 1.28. The summed E-state index contributed by atoms with van der Waals surface area (Å²) in [6.45, 7) is 4.18. The molecule has 0 spiro atoms. The van der Waals surface area contributed by atoms with E-state index in [1.165, 1.54) is 4.80 Å². The van der Waals surface area contributed by atoms with Crippen molar-refractivity contribution in [2.45, 2.75) is 20.0 Å². The van der Waals surface area contributed by atoms with Crippen LogP contribution in [-0.4, -0.2) is 41.7 Å². The Kier molecular flexibility index (Phi) is 3.20. The lowest BCUT2D eigenvalue weighted by Crippen LogP contribution is -2.11. The summed E-state index contributed by atoms with van der Waals surface area (Å²) >= 11 is 0. The zero-order valence-electron chi connectivity index (χ0n) is 9.33. The summed E-state index contributed by atoms with van der Waals surface area (Å²) in [4.78, 5) is 1.42. The number of nitrogens with zero attached hydrogens (tertiary/aromatic N) is 7. The van der Waals surface area contributed by atoms with Crippen molar-refractivity contribution in [1.82, 2.24) is 40.5 Å². The van der Waals surface area contributed by atoms with Crippen LogP contribution < -0.4 is 5.32 Å². The van der Waals surface area contributed by atoms with Gasteiger partial charge in [-0.1, -0.05) is 12.1 Å². The van der Waals surface area contributed by atoms with Crippen LogP contribution in [0.15, 0.2) is 6.20 Å². The maximum atomic E-state index is 4.07. The molecule has 8 heteroatoms. The zero-order chi connectivity index (χ0) is 11.4. The van der Waals surface area contributed by atoms with Crippen molar-refractivity contribution in [1.29, 1.82) is 0 Å². The lowest BCUT2D eigenvalue weighted by Gasteiger charge is -1.94. The highest BCUT2D eigenvalue weighted by Crippen LogP contribution is 1.95. The molecule has 0 unspecified atom stereocenters. The smallest absolute Gasteiger partial charge is 0.196 e. The second kappa shape index (κ2) is 4.79. The molecule has 86 valence electrons. The molecule has 8 nitrogen and oxygen atoms in total. The minimum Gasteiger partial charge on any atom is -0.311 e. The number of hydrogen-bond acceptors (Lipinski definition) is 6. The molecule has 0 saturated heterocycles. The maximum Gasteiger partial charge on any atom is 0.196 e. The van der Waals surface area contributed by atoms with E-state index in [9.17, 15) is 0 Å².